The molecule has 23 heavy (non-hydrogen) atoms. The Labute approximate surface area is 134 Å². The van der Waals surface area contributed by atoms with Crippen molar-refractivity contribution in [1.29, 1.82) is 0 Å². The van der Waals surface area contributed by atoms with Crippen molar-refractivity contribution in [1.82, 2.24) is 20.1 Å². The minimum atomic E-state index is -0.171. The molecule has 120 valence electrons. The third-order valence-electron chi connectivity index (χ3n) is 3.96. The van der Waals surface area contributed by atoms with Crippen LogP contribution < -0.4 is 10.2 Å². The van der Waals surface area contributed by atoms with Crippen LogP contribution in [0.25, 0.3) is 0 Å². The van der Waals surface area contributed by atoms with Gasteiger partial charge in [-0.2, -0.15) is 0 Å². The number of hydrogen-bond donors (Lipinski definition) is 1. The molecule has 1 aliphatic rings. The van der Waals surface area contributed by atoms with E-state index in [-0.39, 0.29) is 11.8 Å². The molecule has 3 rings (SSSR count). The van der Waals surface area contributed by atoms with E-state index in [9.17, 15) is 9.59 Å². The van der Waals surface area contributed by atoms with Gasteiger partial charge >= 0.3 is 0 Å². The van der Waals surface area contributed by atoms with Crippen LogP contribution >= 0.6 is 0 Å². The zero-order chi connectivity index (χ0) is 16.2. The molecule has 1 fully saturated rings. The molecule has 1 aromatic carbocycles. The van der Waals surface area contributed by atoms with Gasteiger partial charge in [0.1, 0.15) is 6.33 Å². The summed E-state index contributed by atoms with van der Waals surface area (Å²) in [6.07, 6.45) is 3.13. The van der Waals surface area contributed by atoms with E-state index < -0.39 is 0 Å². The summed E-state index contributed by atoms with van der Waals surface area (Å²) >= 11 is 0. The predicted molar refractivity (Wildman–Crippen MR) is 84.9 cm³/mol. The lowest BCUT2D eigenvalue weighted by Crippen LogP contribution is -2.25. The predicted octanol–water partition coefficient (Wildman–Crippen LogP) is 1.35. The van der Waals surface area contributed by atoms with Gasteiger partial charge in [-0.05, 0) is 37.6 Å². The summed E-state index contributed by atoms with van der Waals surface area (Å²) in [5.41, 5.74) is 1.40. The number of nitrogens with one attached hydrogen (secondary N) is 1. The van der Waals surface area contributed by atoms with Crippen LogP contribution in [0, 0.1) is 0 Å². The lowest BCUT2D eigenvalue weighted by atomic mass is 10.2. The fourth-order valence-electron chi connectivity index (χ4n) is 2.66. The number of aryl methyl sites for hydroxylation is 1. The molecule has 1 aliphatic heterocycles. The number of rotatable bonds is 5. The van der Waals surface area contributed by atoms with Crippen molar-refractivity contribution >= 4 is 17.5 Å². The third-order valence-corrected chi connectivity index (χ3v) is 3.96. The average Bonchev–Trinajstić information content (AvgIpc) is 3.21. The number of hydrogen-bond acceptors (Lipinski definition) is 4. The molecule has 7 nitrogen and oxygen atoms in total. The highest BCUT2D eigenvalue weighted by molar-refractivity contribution is 5.97. The zero-order valence-corrected chi connectivity index (χ0v) is 13.0. The van der Waals surface area contributed by atoms with Gasteiger partial charge in [-0.15, -0.1) is 10.2 Å². The average molecular weight is 313 g/mol. The second-order valence-corrected chi connectivity index (χ2v) is 5.41. The third kappa shape index (κ3) is 3.23. The van der Waals surface area contributed by atoms with Gasteiger partial charge in [-0.3, -0.25) is 9.59 Å². The Hall–Kier alpha value is -2.70. The number of aromatic nitrogens is 3. The molecule has 0 atom stereocenters. The summed E-state index contributed by atoms with van der Waals surface area (Å²) in [4.78, 5) is 25.7. The van der Waals surface area contributed by atoms with Crippen molar-refractivity contribution in [2.24, 2.45) is 0 Å². The fraction of sp³-hybridized carbons (Fsp3) is 0.375. The molecule has 0 aliphatic carbocycles. The number of carbonyl (C=O) groups excluding carboxylic acids is 2. The molecule has 7 heteroatoms. The van der Waals surface area contributed by atoms with E-state index >= 15 is 0 Å². The summed E-state index contributed by atoms with van der Waals surface area (Å²) in [6, 6.07) is 7.10. The zero-order valence-electron chi connectivity index (χ0n) is 13.0. The summed E-state index contributed by atoms with van der Waals surface area (Å²) in [7, 11) is 0. The molecule has 0 bridgehead atoms. The van der Waals surface area contributed by atoms with Gasteiger partial charge < -0.3 is 14.8 Å². The normalized spacial score (nSPS) is 14.3. The lowest BCUT2D eigenvalue weighted by molar-refractivity contribution is -0.117. The van der Waals surface area contributed by atoms with E-state index in [4.69, 9.17) is 0 Å². The van der Waals surface area contributed by atoms with Crippen LogP contribution in [0.15, 0.2) is 30.6 Å². The topological polar surface area (TPSA) is 80.1 Å². The number of anilines is 1. The smallest absolute Gasteiger partial charge is 0.251 e. The monoisotopic (exact) mass is 313 g/mol. The molecule has 2 heterocycles. The van der Waals surface area contributed by atoms with E-state index in [1.807, 2.05) is 23.6 Å². The fourth-order valence-corrected chi connectivity index (χ4v) is 2.66. The maximum atomic E-state index is 12.2. The molecule has 0 unspecified atom stereocenters. The first-order chi connectivity index (χ1) is 11.2. The minimum Gasteiger partial charge on any atom is -0.345 e. The van der Waals surface area contributed by atoms with Crippen molar-refractivity contribution in [3.05, 3.63) is 42.0 Å². The lowest BCUT2D eigenvalue weighted by Gasteiger charge is -2.15. The van der Waals surface area contributed by atoms with Crippen molar-refractivity contribution < 1.29 is 9.59 Å². The van der Waals surface area contributed by atoms with Crippen molar-refractivity contribution in [3.8, 4) is 0 Å². The second-order valence-electron chi connectivity index (χ2n) is 5.41. The van der Waals surface area contributed by atoms with E-state index in [1.165, 1.54) is 0 Å². The molecule has 0 saturated carbocycles. The van der Waals surface area contributed by atoms with E-state index in [0.717, 1.165) is 31.0 Å². The Morgan fingerprint density at radius 2 is 2.09 bits per heavy atom. The van der Waals surface area contributed by atoms with Gasteiger partial charge in [0.25, 0.3) is 5.91 Å². The van der Waals surface area contributed by atoms with Gasteiger partial charge in [-0.1, -0.05) is 0 Å². The molecule has 2 amide bonds. The number of nitrogens with zero attached hydrogens (tertiary/aromatic N) is 4. The van der Waals surface area contributed by atoms with Crippen LogP contribution in [0.2, 0.25) is 0 Å². The van der Waals surface area contributed by atoms with Gasteiger partial charge in [0.05, 0.1) is 6.54 Å². The quantitative estimate of drug-likeness (QED) is 0.903. The molecule has 1 aromatic heterocycles. The highest BCUT2D eigenvalue weighted by Gasteiger charge is 2.21. The highest BCUT2D eigenvalue weighted by Crippen LogP contribution is 2.21. The van der Waals surface area contributed by atoms with Crippen LogP contribution in [0.1, 0.15) is 35.9 Å². The summed E-state index contributed by atoms with van der Waals surface area (Å²) in [5, 5.41) is 10.6. The Morgan fingerprint density at radius 3 is 2.74 bits per heavy atom. The van der Waals surface area contributed by atoms with E-state index in [1.54, 1.807) is 23.4 Å². The maximum absolute atomic E-state index is 12.2. The van der Waals surface area contributed by atoms with Crippen LogP contribution in [0.3, 0.4) is 0 Å². The molecular formula is C16H19N5O2. The van der Waals surface area contributed by atoms with Gasteiger partial charge in [0.2, 0.25) is 5.91 Å². The molecule has 0 spiro atoms. The molecule has 1 saturated heterocycles. The first kappa shape index (κ1) is 15.2. The summed E-state index contributed by atoms with van der Waals surface area (Å²) in [6.45, 7) is 3.83. The standard InChI is InChI=1S/C16H19N5O2/c1-2-20-11-18-19-14(20)10-17-16(23)12-5-7-13(8-6-12)21-9-3-4-15(21)22/h5-8,11H,2-4,9-10H2,1H3,(H,17,23). The second kappa shape index (κ2) is 6.60. The van der Waals surface area contributed by atoms with Crippen LogP contribution in [0.5, 0.6) is 0 Å². The number of benzene rings is 1. The van der Waals surface area contributed by atoms with Crippen molar-refractivity contribution in [3.63, 3.8) is 0 Å². The highest BCUT2D eigenvalue weighted by atomic mass is 16.2. The SMILES string of the molecule is CCn1cnnc1CNC(=O)c1ccc(N2CCCC2=O)cc1. The number of amides is 2. The Balaban J connectivity index is 1.62. The molecule has 0 radical (unpaired) electrons. The number of carbonyl (C=O) groups is 2. The van der Waals surface area contributed by atoms with E-state index in [0.29, 0.717) is 18.5 Å². The van der Waals surface area contributed by atoms with Gasteiger partial charge in [0.15, 0.2) is 5.82 Å². The first-order valence-corrected chi connectivity index (χ1v) is 7.74. The maximum Gasteiger partial charge on any atom is 0.251 e. The Kier molecular flexibility index (Phi) is 4.36. The first-order valence-electron chi connectivity index (χ1n) is 7.74. The summed E-state index contributed by atoms with van der Waals surface area (Å²) < 4.78 is 1.88. The van der Waals surface area contributed by atoms with Crippen LogP contribution in [0.4, 0.5) is 5.69 Å². The van der Waals surface area contributed by atoms with Crippen molar-refractivity contribution in [2.45, 2.75) is 32.9 Å². The minimum absolute atomic E-state index is 0.140. The van der Waals surface area contributed by atoms with Gasteiger partial charge in [0, 0.05) is 30.8 Å². The molecule has 2 aromatic rings. The van der Waals surface area contributed by atoms with Crippen LogP contribution in [-0.2, 0) is 17.9 Å². The van der Waals surface area contributed by atoms with Crippen molar-refractivity contribution in [2.75, 3.05) is 11.4 Å². The molecular weight excluding hydrogens is 294 g/mol. The largest absolute Gasteiger partial charge is 0.345 e. The molecule has 1 N–H and O–H groups in total. The summed E-state index contributed by atoms with van der Waals surface area (Å²) in [5.74, 6) is 0.691. The Bertz CT molecular complexity index is 708. The van der Waals surface area contributed by atoms with E-state index in [2.05, 4.69) is 15.5 Å². The van der Waals surface area contributed by atoms with Gasteiger partial charge in [-0.25, -0.2) is 0 Å². The van der Waals surface area contributed by atoms with Crippen LogP contribution in [-0.4, -0.2) is 33.1 Å². The Morgan fingerprint density at radius 1 is 1.30 bits per heavy atom.